The molecule has 0 fully saturated rings. The van der Waals surface area contributed by atoms with E-state index in [2.05, 4.69) is 5.92 Å². The Hall–Kier alpha value is -1.43. The summed E-state index contributed by atoms with van der Waals surface area (Å²) in [6.45, 7) is 1.60. The summed E-state index contributed by atoms with van der Waals surface area (Å²) in [5, 5.41) is 6.97. The van der Waals surface area contributed by atoms with Crippen molar-refractivity contribution in [3.8, 4) is 12.3 Å². The van der Waals surface area contributed by atoms with Gasteiger partial charge in [0, 0.05) is 5.70 Å². The smallest absolute Gasteiger partial charge is 0.129 e. The van der Waals surface area contributed by atoms with Crippen LogP contribution >= 0.6 is 0 Å². The number of rotatable bonds is 1. The van der Waals surface area contributed by atoms with Crippen LogP contribution in [-0.2, 0) is 0 Å². The molecule has 0 atom stereocenters. The zero-order valence-electron chi connectivity index (χ0n) is 5.23. The summed E-state index contributed by atoms with van der Waals surface area (Å²) in [4.78, 5) is 0. The molecule has 3 nitrogen and oxygen atoms in total. The average molecular weight is 123 g/mol. The van der Waals surface area contributed by atoms with E-state index in [4.69, 9.17) is 23.3 Å². The van der Waals surface area contributed by atoms with E-state index in [0.717, 1.165) is 0 Å². The first kappa shape index (κ1) is 7.57. The first-order valence-electron chi connectivity index (χ1n) is 2.37. The average Bonchev–Trinajstić information content (AvgIpc) is 1.84. The molecule has 0 aliphatic rings. The third-order valence-corrected chi connectivity index (χ3v) is 0.839. The maximum absolute atomic E-state index is 6.97. The van der Waals surface area contributed by atoms with Crippen molar-refractivity contribution in [2.24, 2.45) is 11.5 Å². The van der Waals surface area contributed by atoms with Gasteiger partial charge in [-0.3, -0.25) is 5.41 Å². The first-order chi connectivity index (χ1) is 4.09. The van der Waals surface area contributed by atoms with Crippen molar-refractivity contribution in [1.29, 1.82) is 5.41 Å². The minimum atomic E-state index is -0.0602. The predicted octanol–water partition coefficient (Wildman–Crippen LogP) is -0.212. The minimum Gasteiger partial charge on any atom is -0.401 e. The Morgan fingerprint density at radius 2 is 2.00 bits per heavy atom. The molecule has 0 saturated carbocycles. The number of allylic oxidation sites excluding steroid dienone is 2. The Morgan fingerprint density at radius 1 is 1.56 bits per heavy atom. The maximum atomic E-state index is 6.97. The second-order valence-electron chi connectivity index (χ2n) is 1.62. The van der Waals surface area contributed by atoms with Gasteiger partial charge in [0.05, 0.1) is 5.70 Å². The van der Waals surface area contributed by atoms with Gasteiger partial charge in [-0.25, -0.2) is 0 Å². The molecule has 9 heavy (non-hydrogen) atoms. The van der Waals surface area contributed by atoms with Crippen LogP contribution in [0.4, 0.5) is 0 Å². The molecule has 0 rings (SSSR count). The van der Waals surface area contributed by atoms with Crippen LogP contribution < -0.4 is 11.5 Å². The molecule has 0 heterocycles. The summed E-state index contributed by atoms with van der Waals surface area (Å²) >= 11 is 0. The largest absolute Gasteiger partial charge is 0.401 e. The van der Waals surface area contributed by atoms with E-state index in [1.54, 1.807) is 6.92 Å². The van der Waals surface area contributed by atoms with E-state index in [1.807, 2.05) is 0 Å². The maximum Gasteiger partial charge on any atom is 0.129 e. The van der Waals surface area contributed by atoms with E-state index in [0.29, 0.717) is 5.70 Å². The molecule has 0 unspecified atom stereocenters. The van der Waals surface area contributed by atoms with Gasteiger partial charge in [0.25, 0.3) is 0 Å². The van der Waals surface area contributed by atoms with Crippen LogP contribution in [0.1, 0.15) is 6.92 Å². The van der Waals surface area contributed by atoms with E-state index in [-0.39, 0.29) is 11.4 Å². The van der Waals surface area contributed by atoms with Gasteiger partial charge in [0.1, 0.15) is 5.71 Å². The minimum absolute atomic E-state index is 0.0602. The molecule has 5 N–H and O–H groups in total. The van der Waals surface area contributed by atoms with Gasteiger partial charge >= 0.3 is 0 Å². The van der Waals surface area contributed by atoms with E-state index < -0.39 is 0 Å². The van der Waals surface area contributed by atoms with Crippen LogP contribution in [0.15, 0.2) is 11.4 Å². The standard InChI is InChI=1S/C6H9N3/c1-3-5(8)6(9)4(2)7/h1,8H,7,9H2,2H3. The Bertz CT molecular complexity index is 191. The van der Waals surface area contributed by atoms with Crippen LogP contribution in [0.5, 0.6) is 0 Å². The molecule has 0 amide bonds. The lowest BCUT2D eigenvalue weighted by Crippen LogP contribution is -2.14. The number of hydrogen-bond acceptors (Lipinski definition) is 3. The summed E-state index contributed by atoms with van der Waals surface area (Å²) in [7, 11) is 0. The lowest BCUT2D eigenvalue weighted by atomic mass is 10.2. The number of nitrogens with two attached hydrogens (primary N) is 2. The first-order valence-corrected chi connectivity index (χ1v) is 2.37. The molecule has 0 aromatic rings. The van der Waals surface area contributed by atoms with Crippen LogP contribution in [0.25, 0.3) is 0 Å². The third-order valence-electron chi connectivity index (χ3n) is 0.839. The van der Waals surface area contributed by atoms with Crippen LogP contribution in [0.2, 0.25) is 0 Å². The molecular formula is C6H9N3. The molecule has 0 spiro atoms. The number of hydrogen-bond donors (Lipinski definition) is 3. The van der Waals surface area contributed by atoms with Crippen molar-refractivity contribution in [2.45, 2.75) is 6.92 Å². The molecule has 0 bridgehead atoms. The molecule has 0 aromatic heterocycles. The van der Waals surface area contributed by atoms with E-state index in [9.17, 15) is 0 Å². The number of terminal acetylenes is 1. The Kier molecular flexibility index (Phi) is 2.33. The zero-order chi connectivity index (χ0) is 7.44. The van der Waals surface area contributed by atoms with Gasteiger partial charge in [-0.05, 0) is 12.8 Å². The van der Waals surface area contributed by atoms with Crippen molar-refractivity contribution < 1.29 is 0 Å². The van der Waals surface area contributed by atoms with Crippen LogP contribution in [0, 0.1) is 17.8 Å². The summed E-state index contributed by atoms with van der Waals surface area (Å²) in [6, 6.07) is 0. The van der Waals surface area contributed by atoms with Crippen LogP contribution in [-0.4, -0.2) is 5.71 Å². The van der Waals surface area contributed by atoms with Crippen molar-refractivity contribution in [1.82, 2.24) is 0 Å². The fourth-order valence-corrected chi connectivity index (χ4v) is 0.275. The van der Waals surface area contributed by atoms with E-state index >= 15 is 0 Å². The number of nitrogens with one attached hydrogen (secondary N) is 1. The van der Waals surface area contributed by atoms with Gasteiger partial charge in [0.2, 0.25) is 0 Å². The molecule has 0 aromatic carbocycles. The Labute approximate surface area is 54.2 Å². The zero-order valence-corrected chi connectivity index (χ0v) is 5.23. The molecular weight excluding hydrogens is 114 g/mol. The molecule has 0 aliphatic carbocycles. The third kappa shape index (κ3) is 1.87. The Morgan fingerprint density at radius 3 is 2.11 bits per heavy atom. The molecule has 0 radical (unpaired) electrons. The van der Waals surface area contributed by atoms with Gasteiger partial charge in [0.15, 0.2) is 0 Å². The summed E-state index contributed by atoms with van der Waals surface area (Å²) in [6.07, 6.45) is 4.87. The molecule has 3 heteroatoms. The highest BCUT2D eigenvalue weighted by molar-refractivity contribution is 6.09. The van der Waals surface area contributed by atoms with Gasteiger partial charge < -0.3 is 11.5 Å². The quantitative estimate of drug-likeness (QED) is 0.333. The summed E-state index contributed by atoms with van der Waals surface area (Å²) in [5.41, 5.74) is 11.0. The van der Waals surface area contributed by atoms with Crippen molar-refractivity contribution in [3.63, 3.8) is 0 Å². The normalized spacial score (nSPS) is 11.6. The monoisotopic (exact) mass is 123 g/mol. The summed E-state index contributed by atoms with van der Waals surface area (Å²) < 4.78 is 0. The molecule has 0 aliphatic heterocycles. The fraction of sp³-hybridized carbons (Fsp3) is 0.167. The van der Waals surface area contributed by atoms with Gasteiger partial charge in [-0.15, -0.1) is 6.42 Å². The van der Waals surface area contributed by atoms with E-state index in [1.165, 1.54) is 0 Å². The van der Waals surface area contributed by atoms with Crippen molar-refractivity contribution in [3.05, 3.63) is 11.4 Å². The SMILES string of the molecule is C#CC(=N)C(N)=C(C)N. The summed E-state index contributed by atoms with van der Waals surface area (Å²) in [5.74, 6) is 2.07. The second-order valence-corrected chi connectivity index (χ2v) is 1.62. The Balaban J connectivity index is 4.45. The topological polar surface area (TPSA) is 75.9 Å². The molecule has 0 saturated heterocycles. The van der Waals surface area contributed by atoms with Gasteiger partial charge in [-0.2, -0.15) is 0 Å². The fourth-order valence-electron chi connectivity index (χ4n) is 0.275. The predicted molar refractivity (Wildman–Crippen MR) is 37.6 cm³/mol. The highest BCUT2D eigenvalue weighted by atomic mass is 14.7. The van der Waals surface area contributed by atoms with Crippen molar-refractivity contribution >= 4 is 5.71 Å². The highest BCUT2D eigenvalue weighted by Gasteiger charge is 1.96. The lowest BCUT2D eigenvalue weighted by Gasteiger charge is -1.96. The molecule has 48 valence electrons. The lowest BCUT2D eigenvalue weighted by molar-refractivity contribution is 1.22. The highest BCUT2D eigenvalue weighted by Crippen LogP contribution is 1.89. The second kappa shape index (κ2) is 2.78. The van der Waals surface area contributed by atoms with Crippen molar-refractivity contribution in [2.75, 3.05) is 0 Å². The van der Waals surface area contributed by atoms with Crippen LogP contribution in [0.3, 0.4) is 0 Å². The van der Waals surface area contributed by atoms with Gasteiger partial charge in [-0.1, -0.05) is 0 Å².